The molecule has 0 unspecified atom stereocenters. The molecule has 16 heavy (non-hydrogen) atoms. The van der Waals surface area contributed by atoms with Gasteiger partial charge in [-0.1, -0.05) is 25.7 Å². The minimum atomic E-state index is -0.475. The zero-order valence-corrected chi connectivity index (χ0v) is 9.67. The minimum Gasteiger partial charge on any atom is -0.381 e. The summed E-state index contributed by atoms with van der Waals surface area (Å²) in [4.78, 5) is 8.32. The van der Waals surface area contributed by atoms with Crippen LogP contribution in [0.2, 0.25) is 0 Å². The molecule has 0 saturated heterocycles. The van der Waals surface area contributed by atoms with E-state index in [9.17, 15) is 4.39 Å². The fourth-order valence-electron chi connectivity index (χ4n) is 2.32. The van der Waals surface area contributed by atoms with Gasteiger partial charge in [0.05, 0.1) is 5.69 Å². The first-order valence-corrected chi connectivity index (χ1v) is 5.98. The van der Waals surface area contributed by atoms with Crippen molar-refractivity contribution in [1.29, 1.82) is 0 Å². The van der Waals surface area contributed by atoms with E-state index >= 15 is 0 Å². The number of halogens is 1. The Morgan fingerprint density at radius 3 is 2.31 bits per heavy atom. The van der Waals surface area contributed by atoms with E-state index in [0.717, 1.165) is 18.7 Å². The quantitative estimate of drug-likeness (QED) is 0.745. The first kappa shape index (κ1) is 11.3. The highest BCUT2D eigenvalue weighted by Gasteiger charge is 2.19. The van der Waals surface area contributed by atoms with E-state index in [0.29, 0.717) is 11.6 Å². The van der Waals surface area contributed by atoms with Crippen LogP contribution in [0.5, 0.6) is 0 Å². The summed E-state index contributed by atoms with van der Waals surface area (Å²) >= 11 is 0. The Bertz CT molecular complexity index is 348. The highest BCUT2D eigenvalue weighted by molar-refractivity contribution is 5.32. The lowest BCUT2D eigenvalue weighted by atomic mass is 9.99. The van der Waals surface area contributed by atoms with Crippen LogP contribution in [0.3, 0.4) is 0 Å². The number of hydrogen-bond donors (Lipinski definition) is 1. The third kappa shape index (κ3) is 2.31. The molecule has 0 amide bonds. The fourth-order valence-corrected chi connectivity index (χ4v) is 2.32. The lowest BCUT2D eigenvalue weighted by Gasteiger charge is -2.13. The van der Waals surface area contributed by atoms with Crippen molar-refractivity contribution < 1.29 is 4.39 Å². The molecule has 1 fully saturated rings. The largest absolute Gasteiger partial charge is 0.381 e. The van der Waals surface area contributed by atoms with Crippen molar-refractivity contribution in [3.8, 4) is 0 Å². The van der Waals surface area contributed by atoms with Gasteiger partial charge in [0, 0.05) is 5.92 Å². The van der Waals surface area contributed by atoms with Gasteiger partial charge < -0.3 is 5.73 Å². The third-order valence-electron chi connectivity index (χ3n) is 3.28. The van der Waals surface area contributed by atoms with Gasteiger partial charge >= 0.3 is 0 Å². The molecular weight excluding hydrogens is 205 g/mol. The summed E-state index contributed by atoms with van der Waals surface area (Å²) in [7, 11) is 0. The van der Waals surface area contributed by atoms with Crippen molar-refractivity contribution in [2.45, 2.75) is 51.4 Å². The zero-order valence-electron chi connectivity index (χ0n) is 9.67. The standard InChI is InChI=1S/C12H18FN3/c1-8-10(13)11(14)16-12(15-8)9-6-4-2-3-5-7-9/h9H,2-7H2,1H3,(H2,14,15,16). The van der Waals surface area contributed by atoms with Gasteiger partial charge in [-0.3, -0.25) is 0 Å². The van der Waals surface area contributed by atoms with Crippen LogP contribution in [0.15, 0.2) is 0 Å². The van der Waals surface area contributed by atoms with Crippen LogP contribution >= 0.6 is 0 Å². The number of aromatic nitrogens is 2. The van der Waals surface area contributed by atoms with Crippen molar-refractivity contribution in [2.24, 2.45) is 0 Å². The van der Waals surface area contributed by atoms with E-state index in [1.165, 1.54) is 25.7 Å². The molecule has 2 N–H and O–H groups in total. The number of nitrogens with zero attached hydrogens (tertiary/aromatic N) is 2. The Balaban J connectivity index is 2.25. The molecule has 1 aromatic heterocycles. The summed E-state index contributed by atoms with van der Waals surface area (Å²) in [5, 5.41) is 0. The monoisotopic (exact) mass is 223 g/mol. The van der Waals surface area contributed by atoms with E-state index in [-0.39, 0.29) is 5.82 Å². The number of hydrogen-bond acceptors (Lipinski definition) is 3. The molecule has 0 aliphatic heterocycles. The van der Waals surface area contributed by atoms with Crippen LogP contribution in [0.4, 0.5) is 10.2 Å². The molecule has 4 heteroatoms. The SMILES string of the molecule is Cc1nc(C2CCCCCC2)nc(N)c1F. The van der Waals surface area contributed by atoms with Gasteiger partial charge in [0.1, 0.15) is 5.82 Å². The van der Waals surface area contributed by atoms with Crippen molar-refractivity contribution >= 4 is 5.82 Å². The van der Waals surface area contributed by atoms with Gasteiger partial charge in [-0.2, -0.15) is 0 Å². The van der Waals surface area contributed by atoms with Gasteiger partial charge in [-0.25, -0.2) is 14.4 Å². The van der Waals surface area contributed by atoms with E-state index in [4.69, 9.17) is 5.73 Å². The Morgan fingerprint density at radius 1 is 1.12 bits per heavy atom. The van der Waals surface area contributed by atoms with E-state index < -0.39 is 5.82 Å². The van der Waals surface area contributed by atoms with Crippen molar-refractivity contribution in [2.75, 3.05) is 5.73 Å². The predicted octanol–water partition coefficient (Wildman–Crippen LogP) is 2.94. The summed E-state index contributed by atoms with van der Waals surface area (Å²) in [6.45, 7) is 1.65. The molecule has 1 heterocycles. The Morgan fingerprint density at radius 2 is 1.75 bits per heavy atom. The van der Waals surface area contributed by atoms with Crippen molar-refractivity contribution in [3.63, 3.8) is 0 Å². The Labute approximate surface area is 95.3 Å². The second-order valence-corrected chi connectivity index (χ2v) is 4.55. The van der Waals surface area contributed by atoms with Crippen molar-refractivity contribution in [1.82, 2.24) is 9.97 Å². The van der Waals surface area contributed by atoms with Crippen LogP contribution in [0.1, 0.15) is 56.0 Å². The molecular formula is C12H18FN3. The number of nitrogen functional groups attached to an aromatic ring is 1. The van der Waals surface area contributed by atoms with Gasteiger partial charge in [0.2, 0.25) is 0 Å². The molecule has 1 aliphatic carbocycles. The van der Waals surface area contributed by atoms with Gasteiger partial charge in [0.25, 0.3) is 0 Å². The lowest BCUT2D eigenvalue weighted by Crippen LogP contribution is -2.09. The van der Waals surface area contributed by atoms with Crippen LogP contribution in [-0.4, -0.2) is 9.97 Å². The zero-order chi connectivity index (χ0) is 11.5. The highest BCUT2D eigenvalue weighted by Crippen LogP contribution is 2.30. The molecule has 0 bridgehead atoms. The fraction of sp³-hybridized carbons (Fsp3) is 0.667. The van der Waals surface area contributed by atoms with E-state index in [2.05, 4.69) is 9.97 Å². The van der Waals surface area contributed by atoms with E-state index in [1.54, 1.807) is 6.92 Å². The minimum absolute atomic E-state index is 0.00764. The topological polar surface area (TPSA) is 51.8 Å². The molecule has 1 aromatic rings. The first-order valence-electron chi connectivity index (χ1n) is 5.98. The number of anilines is 1. The molecule has 88 valence electrons. The maximum atomic E-state index is 13.3. The highest BCUT2D eigenvalue weighted by atomic mass is 19.1. The predicted molar refractivity (Wildman–Crippen MR) is 61.6 cm³/mol. The molecule has 0 aromatic carbocycles. The van der Waals surface area contributed by atoms with Crippen LogP contribution in [0, 0.1) is 12.7 Å². The molecule has 1 saturated carbocycles. The normalized spacial score (nSPS) is 18.4. The number of nitrogens with two attached hydrogens (primary N) is 1. The molecule has 0 spiro atoms. The van der Waals surface area contributed by atoms with E-state index in [1.807, 2.05) is 0 Å². The van der Waals surface area contributed by atoms with Crippen molar-refractivity contribution in [3.05, 3.63) is 17.3 Å². The summed E-state index contributed by atoms with van der Waals surface area (Å²) in [6, 6.07) is 0. The van der Waals surface area contributed by atoms with Gasteiger partial charge in [-0.05, 0) is 19.8 Å². The summed E-state index contributed by atoms with van der Waals surface area (Å²) in [6.07, 6.45) is 7.20. The maximum absolute atomic E-state index is 13.3. The smallest absolute Gasteiger partial charge is 0.186 e. The second kappa shape index (κ2) is 4.76. The van der Waals surface area contributed by atoms with Gasteiger partial charge in [0.15, 0.2) is 11.6 Å². The average Bonchev–Trinajstić information content (AvgIpc) is 2.53. The summed E-state index contributed by atoms with van der Waals surface area (Å²) in [5.41, 5.74) is 5.91. The number of rotatable bonds is 1. The maximum Gasteiger partial charge on any atom is 0.186 e. The second-order valence-electron chi connectivity index (χ2n) is 4.55. The van der Waals surface area contributed by atoms with Gasteiger partial charge in [-0.15, -0.1) is 0 Å². The Kier molecular flexibility index (Phi) is 3.36. The molecule has 0 radical (unpaired) electrons. The van der Waals surface area contributed by atoms with Crippen LogP contribution in [-0.2, 0) is 0 Å². The van der Waals surface area contributed by atoms with Crippen LogP contribution in [0.25, 0.3) is 0 Å². The molecule has 2 rings (SSSR count). The molecule has 0 atom stereocenters. The number of aryl methyl sites for hydroxylation is 1. The molecule has 3 nitrogen and oxygen atoms in total. The molecule has 1 aliphatic rings. The lowest BCUT2D eigenvalue weighted by molar-refractivity contribution is 0.543. The van der Waals surface area contributed by atoms with Crippen LogP contribution < -0.4 is 5.73 Å². The average molecular weight is 223 g/mol. The summed E-state index contributed by atoms with van der Waals surface area (Å²) in [5.74, 6) is 0.617. The third-order valence-corrected chi connectivity index (χ3v) is 3.28. The first-order chi connectivity index (χ1) is 7.68. The summed E-state index contributed by atoms with van der Waals surface area (Å²) < 4.78 is 13.3. The Hall–Kier alpha value is -1.19.